The SMILES string of the molecule is O=C(O)c1ccccc1OCCN1CCC(c2c[nH]c3c(Cc4cccs4)nccc23)CC1. The minimum absolute atomic E-state index is 0.212. The van der Waals surface area contributed by atoms with E-state index in [-0.39, 0.29) is 5.56 Å². The lowest BCUT2D eigenvalue weighted by Gasteiger charge is -2.31. The van der Waals surface area contributed by atoms with Crippen LogP contribution in [-0.2, 0) is 6.42 Å². The topological polar surface area (TPSA) is 78.5 Å². The minimum Gasteiger partial charge on any atom is -0.491 e. The number of aromatic carboxylic acids is 1. The van der Waals surface area contributed by atoms with E-state index in [1.54, 1.807) is 35.6 Å². The van der Waals surface area contributed by atoms with Crippen molar-refractivity contribution in [1.29, 1.82) is 0 Å². The van der Waals surface area contributed by atoms with Gasteiger partial charge in [-0.25, -0.2) is 4.79 Å². The van der Waals surface area contributed by atoms with Crippen LogP contribution in [-0.4, -0.2) is 52.2 Å². The molecule has 170 valence electrons. The minimum atomic E-state index is -0.959. The maximum Gasteiger partial charge on any atom is 0.339 e. The molecule has 0 atom stereocenters. The molecular formula is C26H27N3O3S. The van der Waals surface area contributed by atoms with Crippen LogP contribution in [0.2, 0.25) is 0 Å². The third-order valence-electron chi connectivity index (χ3n) is 6.44. The molecule has 0 aliphatic carbocycles. The molecule has 0 saturated carbocycles. The number of pyridine rings is 1. The number of likely N-dealkylation sites (tertiary alicyclic amines) is 1. The molecule has 4 aromatic rings. The first-order valence-electron chi connectivity index (χ1n) is 11.3. The molecule has 4 heterocycles. The van der Waals surface area contributed by atoms with E-state index in [1.165, 1.54) is 15.8 Å². The number of fused-ring (bicyclic) bond motifs is 1. The van der Waals surface area contributed by atoms with E-state index < -0.39 is 5.97 Å². The highest BCUT2D eigenvalue weighted by Gasteiger charge is 2.23. The average molecular weight is 462 g/mol. The fourth-order valence-electron chi connectivity index (χ4n) is 4.71. The molecular weight excluding hydrogens is 434 g/mol. The van der Waals surface area contributed by atoms with Crippen LogP contribution in [0.25, 0.3) is 10.9 Å². The maximum absolute atomic E-state index is 11.3. The summed E-state index contributed by atoms with van der Waals surface area (Å²) in [5, 5.41) is 12.7. The van der Waals surface area contributed by atoms with Crippen LogP contribution < -0.4 is 4.74 Å². The number of rotatable bonds is 8. The predicted octanol–water partition coefficient (Wildman–Crippen LogP) is 5.17. The van der Waals surface area contributed by atoms with E-state index in [0.717, 1.165) is 50.1 Å². The van der Waals surface area contributed by atoms with Crippen LogP contribution in [0.15, 0.2) is 60.2 Å². The summed E-state index contributed by atoms with van der Waals surface area (Å²) in [5.41, 5.74) is 3.88. The summed E-state index contributed by atoms with van der Waals surface area (Å²) in [6, 6.07) is 13.2. The summed E-state index contributed by atoms with van der Waals surface area (Å²) in [6.07, 6.45) is 7.17. The van der Waals surface area contributed by atoms with E-state index in [0.29, 0.717) is 18.3 Å². The Hall–Kier alpha value is -3.16. The molecule has 1 aliphatic rings. The Kier molecular flexibility index (Phi) is 6.41. The summed E-state index contributed by atoms with van der Waals surface area (Å²) in [7, 11) is 0. The first kappa shape index (κ1) is 21.7. The Balaban J connectivity index is 1.18. The highest BCUT2D eigenvalue weighted by Crippen LogP contribution is 2.34. The fourth-order valence-corrected chi connectivity index (χ4v) is 5.41. The van der Waals surface area contributed by atoms with Crippen molar-refractivity contribution in [1.82, 2.24) is 14.9 Å². The van der Waals surface area contributed by atoms with E-state index in [9.17, 15) is 9.90 Å². The van der Waals surface area contributed by atoms with Crippen LogP contribution >= 0.6 is 11.3 Å². The Morgan fingerprint density at radius 3 is 2.82 bits per heavy atom. The molecule has 1 saturated heterocycles. The van der Waals surface area contributed by atoms with E-state index in [2.05, 4.69) is 44.6 Å². The van der Waals surface area contributed by atoms with Gasteiger partial charge in [-0.2, -0.15) is 0 Å². The van der Waals surface area contributed by atoms with Crippen molar-refractivity contribution in [2.24, 2.45) is 0 Å². The van der Waals surface area contributed by atoms with Gasteiger partial charge < -0.3 is 14.8 Å². The number of piperidine rings is 1. The van der Waals surface area contributed by atoms with Crippen LogP contribution in [0.1, 0.15) is 45.3 Å². The number of aromatic nitrogens is 2. The smallest absolute Gasteiger partial charge is 0.339 e. The zero-order valence-electron chi connectivity index (χ0n) is 18.4. The van der Waals surface area contributed by atoms with Gasteiger partial charge in [-0.15, -0.1) is 11.3 Å². The van der Waals surface area contributed by atoms with Gasteiger partial charge in [0.1, 0.15) is 17.9 Å². The number of para-hydroxylation sites is 1. The zero-order valence-corrected chi connectivity index (χ0v) is 19.2. The number of nitrogens with one attached hydrogen (secondary N) is 1. The van der Waals surface area contributed by atoms with Gasteiger partial charge in [0.25, 0.3) is 0 Å². The normalized spacial score (nSPS) is 15.2. The molecule has 0 bridgehead atoms. The van der Waals surface area contributed by atoms with Gasteiger partial charge >= 0.3 is 5.97 Å². The Labute approximate surface area is 196 Å². The third kappa shape index (κ3) is 4.79. The second-order valence-corrected chi connectivity index (χ2v) is 9.48. The van der Waals surface area contributed by atoms with Crippen LogP contribution in [0.3, 0.4) is 0 Å². The average Bonchev–Trinajstić information content (AvgIpc) is 3.50. The van der Waals surface area contributed by atoms with Gasteiger partial charge in [-0.1, -0.05) is 18.2 Å². The van der Waals surface area contributed by atoms with Crippen molar-refractivity contribution in [3.63, 3.8) is 0 Å². The summed E-state index contributed by atoms with van der Waals surface area (Å²) in [4.78, 5) is 23.2. The number of ether oxygens (including phenoxy) is 1. The number of thiophene rings is 1. The number of aromatic amines is 1. The van der Waals surface area contributed by atoms with Gasteiger partial charge in [0.15, 0.2) is 0 Å². The fraction of sp³-hybridized carbons (Fsp3) is 0.308. The summed E-state index contributed by atoms with van der Waals surface area (Å²) >= 11 is 1.77. The number of carbonyl (C=O) groups is 1. The van der Waals surface area contributed by atoms with Crippen LogP contribution in [0.5, 0.6) is 5.75 Å². The Morgan fingerprint density at radius 1 is 1.18 bits per heavy atom. The van der Waals surface area contributed by atoms with Crippen molar-refractivity contribution < 1.29 is 14.6 Å². The molecule has 33 heavy (non-hydrogen) atoms. The molecule has 0 unspecified atom stereocenters. The molecule has 5 rings (SSSR count). The molecule has 0 radical (unpaired) electrons. The molecule has 1 aromatic carbocycles. The molecule has 3 aromatic heterocycles. The second-order valence-electron chi connectivity index (χ2n) is 8.45. The number of hydrogen-bond donors (Lipinski definition) is 2. The lowest BCUT2D eigenvalue weighted by Crippen LogP contribution is -2.35. The van der Waals surface area contributed by atoms with E-state index in [1.807, 2.05) is 6.20 Å². The number of carboxylic acids is 1. The summed E-state index contributed by atoms with van der Waals surface area (Å²) in [6.45, 7) is 3.30. The van der Waals surface area contributed by atoms with Crippen molar-refractivity contribution in [2.45, 2.75) is 25.2 Å². The number of nitrogens with zero attached hydrogens (tertiary/aromatic N) is 2. The number of hydrogen-bond acceptors (Lipinski definition) is 5. The zero-order chi connectivity index (χ0) is 22.6. The number of benzene rings is 1. The quantitative estimate of drug-likeness (QED) is 0.378. The van der Waals surface area contributed by atoms with Crippen molar-refractivity contribution in [3.8, 4) is 5.75 Å². The van der Waals surface area contributed by atoms with Gasteiger partial charge in [0.05, 0.1) is 11.2 Å². The predicted molar refractivity (Wildman–Crippen MR) is 131 cm³/mol. The monoisotopic (exact) mass is 461 g/mol. The van der Waals surface area contributed by atoms with Crippen LogP contribution in [0.4, 0.5) is 0 Å². The summed E-state index contributed by atoms with van der Waals surface area (Å²) < 4.78 is 5.78. The largest absolute Gasteiger partial charge is 0.491 e. The standard InChI is InChI=1S/C26H27N3O3S/c30-26(31)21-5-1-2-6-24(21)32-14-13-29-11-8-18(9-12-29)22-17-28-25-20(22)7-10-27-23(25)16-19-4-3-15-33-19/h1-7,10,15,17-18,28H,8-9,11-14,16H2,(H,30,31). The Bertz CT molecular complexity index is 1230. The van der Waals surface area contributed by atoms with Crippen LogP contribution in [0, 0.1) is 0 Å². The van der Waals surface area contributed by atoms with E-state index in [4.69, 9.17) is 4.74 Å². The highest BCUT2D eigenvalue weighted by atomic mass is 32.1. The first-order valence-corrected chi connectivity index (χ1v) is 12.2. The molecule has 0 spiro atoms. The third-order valence-corrected chi connectivity index (χ3v) is 7.32. The van der Waals surface area contributed by atoms with E-state index >= 15 is 0 Å². The van der Waals surface area contributed by atoms with Gasteiger partial charge in [-0.3, -0.25) is 9.88 Å². The van der Waals surface area contributed by atoms with Crippen molar-refractivity contribution in [2.75, 3.05) is 26.2 Å². The first-order chi connectivity index (χ1) is 16.2. The second kappa shape index (κ2) is 9.77. The van der Waals surface area contributed by atoms with Gasteiger partial charge in [0.2, 0.25) is 0 Å². The number of carboxylic acid groups (broad SMARTS) is 1. The number of H-pyrrole nitrogens is 1. The van der Waals surface area contributed by atoms with Crippen molar-refractivity contribution in [3.05, 3.63) is 81.9 Å². The summed E-state index contributed by atoms with van der Waals surface area (Å²) in [5.74, 6) is 0.00479. The lowest BCUT2D eigenvalue weighted by molar-refractivity contribution is 0.0691. The Morgan fingerprint density at radius 2 is 2.03 bits per heavy atom. The molecule has 6 nitrogen and oxygen atoms in total. The van der Waals surface area contributed by atoms with Gasteiger partial charge in [0, 0.05) is 35.6 Å². The molecule has 7 heteroatoms. The molecule has 2 N–H and O–H groups in total. The molecule has 0 amide bonds. The highest BCUT2D eigenvalue weighted by molar-refractivity contribution is 7.09. The van der Waals surface area contributed by atoms with Gasteiger partial charge in [-0.05, 0) is 67.1 Å². The molecule has 1 aliphatic heterocycles. The van der Waals surface area contributed by atoms with Crippen molar-refractivity contribution >= 4 is 28.2 Å². The lowest BCUT2D eigenvalue weighted by atomic mass is 9.89. The molecule has 1 fully saturated rings. The maximum atomic E-state index is 11.3.